The molecule has 1 aliphatic carbocycles. The van der Waals surface area contributed by atoms with Crippen molar-refractivity contribution in [3.8, 4) is 5.75 Å². The van der Waals surface area contributed by atoms with Crippen LogP contribution in [0, 0.1) is 0 Å². The third-order valence-electron chi connectivity index (χ3n) is 4.14. The molecule has 21 heavy (non-hydrogen) atoms. The Morgan fingerprint density at radius 1 is 1.14 bits per heavy atom. The maximum atomic E-state index is 5.94. The third kappa shape index (κ3) is 3.18. The Balaban J connectivity index is 2.15. The minimum atomic E-state index is -0.305. The van der Waals surface area contributed by atoms with Crippen molar-refractivity contribution in [3.05, 3.63) is 41.5 Å². The molecule has 0 heterocycles. The van der Waals surface area contributed by atoms with Crippen LogP contribution >= 0.6 is 11.6 Å². The highest BCUT2D eigenvalue weighted by Gasteiger charge is 2.27. The number of fused-ring (bicyclic) bond motifs is 1. The van der Waals surface area contributed by atoms with Crippen LogP contribution in [0.4, 0.5) is 0 Å². The number of rotatable bonds is 3. The van der Waals surface area contributed by atoms with Gasteiger partial charge in [0.05, 0.1) is 0 Å². The van der Waals surface area contributed by atoms with Gasteiger partial charge < -0.3 is 4.74 Å². The SMILES string of the molecule is CC(Cl)Oc1ccc2cc(C(C)(C)C)cc(C3CC3)c2c1. The standard InChI is InChI=1S/C19H23ClO/c1-12(20)21-16-8-7-14-9-15(19(2,3)4)10-17(13-5-6-13)18(14)11-16/h7-13H,5-6H2,1-4H3. The van der Waals surface area contributed by atoms with E-state index in [1.807, 2.05) is 13.0 Å². The molecule has 2 heteroatoms. The quantitative estimate of drug-likeness (QED) is 0.634. The van der Waals surface area contributed by atoms with E-state index in [2.05, 4.69) is 45.0 Å². The molecule has 0 spiro atoms. The molecule has 2 aromatic rings. The van der Waals surface area contributed by atoms with Crippen LogP contribution in [0.2, 0.25) is 0 Å². The second-order valence-corrected chi connectivity index (χ2v) is 7.75. The Bertz CT molecular complexity index is 663. The second kappa shape index (κ2) is 5.21. The fourth-order valence-electron chi connectivity index (χ4n) is 2.79. The third-order valence-corrected chi connectivity index (χ3v) is 4.23. The van der Waals surface area contributed by atoms with Crippen LogP contribution in [0.1, 0.15) is 57.6 Å². The van der Waals surface area contributed by atoms with Crippen LogP contribution in [-0.4, -0.2) is 5.56 Å². The van der Waals surface area contributed by atoms with E-state index in [0.29, 0.717) is 0 Å². The number of alkyl halides is 1. The zero-order valence-electron chi connectivity index (χ0n) is 13.2. The Morgan fingerprint density at radius 3 is 2.43 bits per heavy atom. The molecule has 0 bridgehead atoms. The van der Waals surface area contributed by atoms with Crippen molar-refractivity contribution < 1.29 is 4.74 Å². The number of benzene rings is 2. The summed E-state index contributed by atoms with van der Waals surface area (Å²) in [5.74, 6) is 1.58. The largest absolute Gasteiger partial charge is 0.475 e. The molecule has 0 radical (unpaired) electrons. The molecule has 1 nitrogen and oxygen atoms in total. The van der Waals surface area contributed by atoms with Gasteiger partial charge in [0.1, 0.15) is 5.75 Å². The number of halogens is 1. The molecule has 0 saturated heterocycles. The highest BCUT2D eigenvalue weighted by atomic mass is 35.5. The van der Waals surface area contributed by atoms with Gasteiger partial charge in [-0.3, -0.25) is 0 Å². The maximum Gasteiger partial charge on any atom is 0.169 e. The zero-order valence-corrected chi connectivity index (χ0v) is 14.0. The van der Waals surface area contributed by atoms with Crippen LogP contribution in [0.3, 0.4) is 0 Å². The first-order chi connectivity index (χ1) is 9.84. The predicted molar refractivity (Wildman–Crippen MR) is 90.6 cm³/mol. The molecular weight excluding hydrogens is 280 g/mol. The first kappa shape index (κ1) is 14.7. The van der Waals surface area contributed by atoms with Gasteiger partial charge in [0.2, 0.25) is 0 Å². The van der Waals surface area contributed by atoms with E-state index in [-0.39, 0.29) is 11.0 Å². The van der Waals surface area contributed by atoms with Gasteiger partial charge >= 0.3 is 0 Å². The predicted octanol–water partition coefficient (Wildman–Crippen LogP) is 5.98. The van der Waals surface area contributed by atoms with Gasteiger partial charge in [0, 0.05) is 0 Å². The second-order valence-electron chi connectivity index (χ2n) is 7.13. The average molecular weight is 303 g/mol. The first-order valence-electron chi connectivity index (χ1n) is 7.73. The molecule has 0 aromatic heterocycles. The smallest absolute Gasteiger partial charge is 0.169 e. The summed E-state index contributed by atoms with van der Waals surface area (Å²) >= 11 is 5.94. The molecule has 3 rings (SSSR count). The summed E-state index contributed by atoms with van der Waals surface area (Å²) in [6.07, 6.45) is 2.61. The minimum Gasteiger partial charge on any atom is -0.475 e. The molecule has 1 aliphatic rings. The van der Waals surface area contributed by atoms with Crippen molar-refractivity contribution >= 4 is 22.4 Å². The van der Waals surface area contributed by atoms with Gasteiger partial charge in [0.15, 0.2) is 5.56 Å². The van der Waals surface area contributed by atoms with Gasteiger partial charge in [0.25, 0.3) is 0 Å². The Labute approximate surface area is 132 Å². The Morgan fingerprint density at radius 2 is 1.86 bits per heavy atom. The highest BCUT2D eigenvalue weighted by Crippen LogP contribution is 2.45. The van der Waals surface area contributed by atoms with Crippen LogP contribution in [-0.2, 0) is 5.41 Å². The van der Waals surface area contributed by atoms with Crippen LogP contribution < -0.4 is 4.74 Å². The molecule has 1 saturated carbocycles. The summed E-state index contributed by atoms with van der Waals surface area (Å²) in [6, 6.07) is 11.0. The zero-order chi connectivity index (χ0) is 15.2. The van der Waals surface area contributed by atoms with E-state index < -0.39 is 0 Å². The topological polar surface area (TPSA) is 9.23 Å². The van der Waals surface area contributed by atoms with E-state index in [4.69, 9.17) is 16.3 Å². The van der Waals surface area contributed by atoms with Crippen molar-refractivity contribution in [1.82, 2.24) is 0 Å². The Kier molecular flexibility index (Phi) is 3.65. The summed E-state index contributed by atoms with van der Waals surface area (Å²) < 4.78 is 5.64. The molecule has 1 atom stereocenters. The summed E-state index contributed by atoms with van der Waals surface area (Å²) in [5, 5.41) is 2.62. The fourth-order valence-corrected chi connectivity index (χ4v) is 2.89. The molecule has 0 amide bonds. The van der Waals surface area contributed by atoms with E-state index in [0.717, 1.165) is 11.7 Å². The van der Waals surface area contributed by atoms with Crippen molar-refractivity contribution in [2.24, 2.45) is 0 Å². The molecule has 0 aliphatic heterocycles. The lowest BCUT2D eigenvalue weighted by molar-refractivity contribution is 0.301. The lowest BCUT2D eigenvalue weighted by atomic mass is 9.83. The number of hydrogen-bond donors (Lipinski definition) is 0. The number of ether oxygens (including phenoxy) is 1. The average Bonchev–Trinajstić information content (AvgIpc) is 3.19. The number of hydrogen-bond acceptors (Lipinski definition) is 1. The van der Waals surface area contributed by atoms with E-state index in [1.54, 1.807) is 0 Å². The summed E-state index contributed by atoms with van der Waals surface area (Å²) in [5.41, 5.74) is 2.76. The lowest BCUT2D eigenvalue weighted by Crippen LogP contribution is -2.11. The molecule has 0 N–H and O–H groups in total. The van der Waals surface area contributed by atoms with Gasteiger partial charge in [-0.25, -0.2) is 0 Å². The van der Waals surface area contributed by atoms with E-state index in [1.165, 1.54) is 34.7 Å². The summed E-state index contributed by atoms with van der Waals surface area (Å²) in [7, 11) is 0. The van der Waals surface area contributed by atoms with E-state index in [9.17, 15) is 0 Å². The lowest BCUT2D eigenvalue weighted by Gasteiger charge is -2.22. The molecule has 1 fully saturated rings. The van der Waals surface area contributed by atoms with Gasteiger partial charge in [-0.05, 0) is 65.1 Å². The van der Waals surface area contributed by atoms with Crippen molar-refractivity contribution in [3.63, 3.8) is 0 Å². The van der Waals surface area contributed by atoms with Crippen LogP contribution in [0.25, 0.3) is 10.8 Å². The maximum absolute atomic E-state index is 5.94. The highest BCUT2D eigenvalue weighted by molar-refractivity contribution is 6.19. The summed E-state index contributed by atoms with van der Waals surface area (Å²) in [4.78, 5) is 0. The van der Waals surface area contributed by atoms with Crippen LogP contribution in [0.5, 0.6) is 5.75 Å². The first-order valence-corrected chi connectivity index (χ1v) is 8.17. The van der Waals surface area contributed by atoms with Crippen molar-refractivity contribution in [1.29, 1.82) is 0 Å². The molecule has 2 aromatic carbocycles. The van der Waals surface area contributed by atoms with Crippen molar-refractivity contribution in [2.45, 2.75) is 57.4 Å². The fraction of sp³-hybridized carbons (Fsp3) is 0.474. The molecular formula is C19H23ClO. The van der Waals surface area contributed by atoms with Gasteiger partial charge in [-0.1, -0.05) is 50.6 Å². The van der Waals surface area contributed by atoms with Crippen LogP contribution in [0.15, 0.2) is 30.3 Å². The minimum absolute atomic E-state index is 0.178. The summed E-state index contributed by atoms with van der Waals surface area (Å²) in [6.45, 7) is 8.67. The molecule has 1 unspecified atom stereocenters. The normalized spacial score (nSPS) is 17.0. The van der Waals surface area contributed by atoms with Gasteiger partial charge in [-0.15, -0.1) is 0 Å². The van der Waals surface area contributed by atoms with E-state index >= 15 is 0 Å². The molecule has 112 valence electrons. The van der Waals surface area contributed by atoms with Gasteiger partial charge in [-0.2, -0.15) is 0 Å². The Hall–Kier alpha value is -1.21. The monoisotopic (exact) mass is 302 g/mol. The van der Waals surface area contributed by atoms with Crippen molar-refractivity contribution in [2.75, 3.05) is 0 Å².